The smallest absolute Gasteiger partial charge is 0.0133 e. The molecule has 1 aromatic rings. The average molecular weight is 294 g/mol. The van der Waals surface area contributed by atoms with Gasteiger partial charge in [0.2, 0.25) is 0 Å². The number of unbranched alkanes of at least 4 members (excludes halogenated alkanes) is 7. The van der Waals surface area contributed by atoms with E-state index < -0.39 is 0 Å². The standard InChI is InChI=1S/C18H31NS/c1-2-3-4-5-6-7-8-10-13-17(19)16-20-18-14-11-9-12-15-18/h9,11-12,14-15,17H,2-8,10,13,16,19H2,1H3. The van der Waals surface area contributed by atoms with E-state index in [1.807, 2.05) is 11.8 Å². The minimum atomic E-state index is 0.347. The number of thioether (sulfide) groups is 1. The van der Waals surface area contributed by atoms with Crippen LogP contribution in [0.25, 0.3) is 0 Å². The molecule has 0 amide bonds. The van der Waals surface area contributed by atoms with Crippen LogP contribution in [0, 0.1) is 0 Å². The van der Waals surface area contributed by atoms with Crippen LogP contribution in [-0.4, -0.2) is 11.8 Å². The van der Waals surface area contributed by atoms with Crippen LogP contribution < -0.4 is 5.73 Å². The quantitative estimate of drug-likeness (QED) is 0.399. The lowest BCUT2D eigenvalue weighted by molar-refractivity contribution is 0.543. The van der Waals surface area contributed by atoms with Crippen LogP contribution in [0.15, 0.2) is 35.2 Å². The molecule has 0 radical (unpaired) electrons. The zero-order chi connectivity index (χ0) is 14.5. The Kier molecular flexibility index (Phi) is 10.8. The second-order valence-corrected chi connectivity index (χ2v) is 6.74. The summed E-state index contributed by atoms with van der Waals surface area (Å²) >= 11 is 1.88. The van der Waals surface area contributed by atoms with Crippen molar-refractivity contribution in [1.82, 2.24) is 0 Å². The van der Waals surface area contributed by atoms with Crippen LogP contribution in [0.1, 0.15) is 64.7 Å². The summed E-state index contributed by atoms with van der Waals surface area (Å²) in [5, 5.41) is 0. The van der Waals surface area contributed by atoms with Gasteiger partial charge in [-0.1, -0.05) is 76.5 Å². The molecule has 1 atom stereocenters. The van der Waals surface area contributed by atoms with E-state index in [-0.39, 0.29) is 0 Å². The largest absolute Gasteiger partial charge is 0.327 e. The maximum Gasteiger partial charge on any atom is 0.0133 e. The van der Waals surface area contributed by atoms with E-state index in [1.54, 1.807) is 0 Å². The summed E-state index contributed by atoms with van der Waals surface area (Å²) in [5.74, 6) is 1.04. The molecule has 0 spiro atoms. The molecule has 114 valence electrons. The Morgan fingerprint density at radius 1 is 0.900 bits per heavy atom. The molecule has 0 heterocycles. The zero-order valence-electron chi connectivity index (χ0n) is 13.0. The van der Waals surface area contributed by atoms with Crippen LogP contribution in [0.5, 0.6) is 0 Å². The summed E-state index contributed by atoms with van der Waals surface area (Å²) < 4.78 is 0. The molecule has 20 heavy (non-hydrogen) atoms. The Morgan fingerprint density at radius 2 is 1.50 bits per heavy atom. The molecule has 2 heteroatoms. The van der Waals surface area contributed by atoms with Crippen molar-refractivity contribution in [2.24, 2.45) is 5.73 Å². The van der Waals surface area contributed by atoms with Gasteiger partial charge in [-0.25, -0.2) is 0 Å². The first kappa shape index (κ1) is 17.6. The SMILES string of the molecule is CCCCCCCCCCC(N)CSc1ccccc1. The maximum atomic E-state index is 6.18. The Hall–Kier alpha value is -0.470. The monoisotopic (exact) mass is 293 g/mol. The highest BCUT2D eigenvalue weighted by molar-refractivity contribution is 7.99. The summed E-state index contributed by atoms with van der Waals surface area (Å²) in [7, 11) is 0. The van der Waals surface area contributed by atoms with Crippen molar-refractivity contribution in [3.8, 4) is 0 Å². The Labute approximate surface area is 129 Å². The van der Waals surface area contributed by atoms with E-state index in [2.05, 4.69) is 37.3 Å². The van der Waals surface area contributed by atoms with Gasteiger partial charge in [0.1, 0.15) is 0 Å². The van der Waals surface area contributed by atoms with Crippen LogP contribution in [-0.2, 0) is 0 Å². The molecule has 0 fully saturated rings. The van der Waals surface area contributed by atoms with E-state index in [4.69, 9.17) is 5.73 Å². The molecular formula is C18H31NS. The van der Waals surface area contributed by atoms with Gasteiger partial charge >= 0.3 is 0 Å². The van der Waals surface area contributed by atoms with Crippen LogP contribution in [0.4, 0.5) is 0 Å². The van der Waals surface area contributed by atoms with Crippen LogP contribution >= 0.6 is 11.8 Å². The minimum Gasteiger partial charge on any atom is -0.327 e. The van der Waals surface area contributed by atoms with Gasteiger partial charge in [0.15, 0.2) is 0 Å². The van der Waals surface area contributed by atoms with Crippen molar-refractivity contribution in [2.75, 3.05) is 5.75 Å². The summed E-state index contributed by atoms with van der Waals surface area (Å²) in [6.45, 7) is 2.27. The van der Waals surface area contributed by atoms with Gasteiger partial charge in [-0.15, -0.1) is 11.8 Å². The van der Waals surface area contributed by atoms with E-state index in [0.717, 1.165) is 5.75 Å². The van der Waals surface area contributed by atoms with E-state index >= 15 is 0 Å². The van der Waals surface area contributed by atoms with Gasteiger partial charge in [-0.3, -0.25) is 0 Å². The lowest BCUT2D eigenvalue weighted by Crippen LogP contribution is -2.22. The molecule has 1 nitrogen and oxygen atoms in total. The predicted molar refractivity (Wildman–Crippen MR) is 92.4 cm³/mol. The topological polar surface area (TPSA) is 26.0 Å². The van der Waals surface area contributed by atoms with E-state index in [0.29, 0.717) is 6.04 Å². The first-order valence-corrected chi connectivity index (χ1v) is 9.25. The summed E-state index contributed by atoms with van der Waals surface area (Å²) in [6.07, 6.45) is 12.2. The zero-order valence-corrected chi connectivity index (χ0v) is 13.8. The average Bonchev–Trinajstić information content (AvgIpc) is 2.49. The summed E-state index contributed by atoms with van der Waals surface area (Å²) in [6, 6.07) is 10.9. The Bertz CT molecular complexity index is 312. The third-order valence-electron chi connectivity index (χ3n) is 3.64. The number of hydrogen-bond donors (Lipinski definition) is 1. The van der Waals surface area contributed by atoms with Crippen molar-refractivity contribution in [1.29, 1.82) is 0 Å². The highest BCUT2D eigenvalue weighted by atomic mass is 32.2. The van der Waals surface area contributed by atoms with Crippen molar-refractivity contribution >= 4 is 11.8 Å². The van der Waals surface area contributed by atoms with Crippen molar-refractivity contribution in [3.05, 3.63) is 30.3 Å². The van der Waals surface area contributed by atoms with Crippen molar-refractivity contribution in [3.63, 3.8) is 0 Å². The van der Waals surface area contributed by atoms with Crippen molar-refractivity contribution in [2.45, 2.75) is 75.6 Å². The number of benzene rings is 1. The van der Waals surface area contributed by atoms with Gasteiger partial charge in [-0.05, 0) is 18.6 Å². The first-order chi connectivity index (χ1) is 9.83. The summed E-state index contributed by atoms with van der Waals surface area (Å²) in [5.41, 5.74) is 6.18. The Morgan fingerprint density at radius 3 is 2.15 bits per heavy atom. The molecule has 0 saturated carbocycles. The van der Waals surface area contributed by atoms with Gasteiger partial charge in [0, 0.05) is 16.7 Å². The molecule has 0 aliphatic carbocycles. The van der Waals surface area contributed by atoms with Crippen LogP contribution in [0.2, 0.25) is 0 Å². The minimum absolute atomic E-state index is 0.347. The van der Waals surface area contributed by atoms with Gasteiger partial charge in [0.05, 0.1) is 0 Å². The fourth-order valence-electron chi connectivity index (χ4n) is 2.34. The molecule has 0 bridgehead atoms. The highest BCUT2D eigenvalue weighted by Gasteiger charge is 2.03. The lowest BCUT2D eigenvalue weighted by Gasteiger charge is -2.11. The second-order valence-electron chi connectivity index (χ2n) is 5.65. The fraction of sp³-hybridized carbons (Fsp3) is 0.667. The van der Waals surface area contributed by atoms with E-state index in [1.165, 1.54) is 62.7 Å². The summed E-state index contributed by atoms with van der Waals surface area (Å²) in [4.78, 5) is 1.33. The normalized spacial score (nSPS) is 12.5. The molecule has 2 N–H and O–H groups in total. The van der Waals surface area contributed by atoms with Crippen LogP contribution in [0.3, 0.4) is 0 Å². The molecule has 1 aromatic carbocycles. The molecule has 0 aromatic heterocycles. The molecule has 1 unspecified atom stereocenters. The van der Waals surface area contributed by atoms with Gasteiger partial charge in [-0.2, -0.15) is 0 Å². The lowest BCUT2D eigenvalue weighted by atomic mass is 10.1. The second kappa shape index (κ2) is 12.3. The molecule has 0 saturated heterocycles. The fourth-order valence-corrected chi connectivity index (χ4v) is 3.27. The van der Waals surface area contributed by atoms with Gasteiger partial charge < -0.3 is 5.73 Å². The van der Waals surface area contributed by atoms with Gasteiger partial charge in [0.25, 0.3) is 0 Å². The predicted octanol–water partition coefficient (Wildman–Crippen LogP) is 5.64. The molecule has 1 rings (SSSR count). The maximum absolute atomic E-state index is 6.18. The Balaban J connectivity index is 1.91. The number of hydrogen-bond acceptors (Lipinski definition) is 2. The molecular weight excluding hydrogens is 262 g/mol. The third-order valence-corrected chi connectivity index (χ3v) is 4.84. The first-order valence-electron chi connectivity index (χ1n) is 8.26. The molecule has 0 aliphatic rings. The number of rotatable bonds is 12. The molecule has 0 aliphatic heterocycles. The number of nitrogens with two attached hydrogens (primary N) is 1. The van der Waals surface area contributed by atoms with E-state index in [9.17, 15) is 0 Å². The van der Waals surface area contributed by atoms with Crippen molar-refractivity contribution < 1.29 is 0 Å². The third kappa shape index (κ3) is 9.44. The highest BCUT2D eigenvalue weighted by Crippen LogP contribution is 2.19.